The summed E-state index contributed by atoms with van der Waals surface area (Å²) in [6, 6.07) is 4.84. The summed E-state index contributed by atoms with van der Waals surface area (Å²) in [6.07, 6.45) is 0.708. The zero-order valence-corrected chi connectivity index (χ0v) is 21.4. The fraction of sp³-hybridized carbons (Fsp3) is 0.333. The lowest BCUT2D eigenvalue weighted by Gasteiger charge is -2.15. The normalized spacial score (nSPS) is 12.0. The quantitative estimate of drug-likeness (QED) is 0.260. The number of carboxylic acid groups (broad SMARTS) is 1. The molecule has 0 aliphatic carbocycles. The fourth-order valence-electron chi connectivity index (χ4n) is 3.28. The second-order valence-electron chi connectivity index (χ2n) is 7.22. The van der Waals surface area contributed by atoms with E-state index in [0.717, 1.165) is 26.1 Å². The number of thioether (sulfide) groups is 1. The summed E-state index contributed by atoms with van der Waals surface area (Å²) in [7, 11) is 5.19. The van der Waals surface area contributed by atoms with E-state index < -0.39 is 24.2 Å². The molecule has 3 aromatic rings. The van der Waals surface area contributed by atoms with Gasteiger partial charge in [0.15, 0.2) is 5.69 Å². The summed E-state index contributed by atoms with van der Waals surface area (Å²) in [6.45, 7) is 0. The van der Waals surface area contributed by atoms with Gasteiger partial charge in [-0.15, -0.1) is 0 Å². The number of esters is 1. The van der Waals surface area contributed by atoms with Crippen LogP contribution in [-0.4, -0.2) is 53.0 Å². The Labute approximate surface area is 210 Å². The van der Waals surface area contributed by atoms with Crippen molar-refractivity contribution in [2.75, 3.05) is 13.4 Å². The number of carbonyl (C=O) groups is 3. The summed E-state index contributed by atoms with van der Waals surface area (Å²) < 4.78 is 41.4. The number of carbonyl (C=O) groups excluding carboxylic acids is 3. The van der Waals surface area contributed by atoms with Crippen LogP contribution in [0.15, 0.2) is 40.2 Å². The molecule has 0 radical (unpaired) electrons. The summed E-state index contributed by atoms with van der Waals surface area (Å²) in [4.78, 5) is 37.1. The number of nitrogens with zero attached hydrogens (tertiary/aromatic N) is 2. The molecule has 1 aromatic carbocycles. The Morgan fingerprint density at radius 2 is 1.97 bits per heavy atom. The molecule has 2 aromatic heterocycles. The van der Waals surface area contributed by atoms with E-state index in [1.54, 1.807) is 18.0 Å². The minimum atomic E-state index is -5.19. The molecule has 1 unspecified atom stereocenters. The van der Waals surface area contributed by atoms with Crippen LogP contribution in [0.5, 0.6) is 0 Å². The Morgan fingerprint density at radius 1 is 1.34 bits per heavy atom. The number of H-pyrrole nitrogens is 1. The predicted octanol–water partition coefficient (Wildman–Crippen LogP) is 1.63. The van der Waals surface area contributed by atoms with Crippen molar-refractivity contribution in [2.45, 2.75) is 23.7 Å². The number of aromatic amines is 1. The number of rotatable bonds is 6. The lowest BCUT2D eigenvalue weighted by atomic mass is 10.1. The molecule has 2 heterocycles. The Hall–Kier alpha value is -3.00. The molecular weight excluding hydrogens is 557 g/mol. The van der Waals surface area contributed by atoms with E-state index in [1.807, 2.05) is 54.0 Å². The number of methoxy groups -OCH3 is 1. The molecule has 0 saturated heterocycles. The molecule has 1 atom stereocenters. The smallest absolute Gasteiger partial charge is 0.430 e. The highest BCUT2D eigenvalue weighted by Gasteiger charge is 2.30. The van der Waals surface area contributed by atoms with Gasteiger partial charge in [0.05, 0.1) is 26.8 Å². The lowest BCUT2D eigenvalue weighted by Crippen LogP contribution is -2.43. The lowest BCUT2D eigenvalue weighted by molar-refractivity contribution is -0.707. The van der Waals surface area contributed by atoms with Crippen molar-refractivity contribution in [2.24, 2.45) is 14.1 Å². The number of ether oxygens (including phenoxy) is 1. The van der Waals surface area contributed by atoms with Crippen LogP contribution in [0, 0.1) is 0 Å². The number of benzene rings is 1. The van der Waals surface area contributed by atoms with Gasteiger partial charge in [0, 0.05) is 28.0 Å². The Bertz CT molecular complexity index is 1240. The van der Waals surface area contributed by atoms with Gasteiger partial charge in [0.2, 0.25) is 11.4 Å². The molecule has 0 spiro atoms. The molecule has 3 rings (SSSR count). The number of hydrogen-bond acceptors (Lipinski definition) is 6. The van der Waals surface area contributed by atoms with Gasteiger partial charge in [-0.25, -0.2) is 13.9 Å². The Kier molecular flexibility index (Phi) is 9.38. The van der Waals surface area contributed by atoms with E-state index in [-0.39, 0.29) is 5.91 Å². The fourth-order valence-corrected chi connectivity index (χ4v) is 4.44. The van der Waals surface area contributed by atoms with Crippen molar-refractivity contribution in [3.05, 3.63) is 46.5 Å². The molecule has 190 valence electrons. The molecule has 1 amide bonds. The van der Waals surface area contributed by atoms with E-state index >= 15 is 0 Å². The van der Waals surface area contributed by atoms with Crippen LogP contribution in [0.3, 0.4) is 0 Å². The average Bonchev–Trinajstić information content (AvgIpc) is 3.31. The number of fused-ring (bicyclic) bond motifs is 1. The average molecular weight is 579 g/mol. The van der Waals surface area contributed by atoms with Crippen LogP contribution >= 0.6 is 27.7 Å². The van der Waals surface area contributed by atoms with E-state index in [1.165, 1.54) is 7.11 Å². The highest BCUT2D eigenvalue weighted by Crippen LogP contribution is 2.23. The van der Waals surface area contributed by atoms with Crippen molar-refractivity contribution < 1.29 is 42.0 Å². The van der Waals surface area contributed by atoms with Crippen LogP contribution in [0.1, 0.15) is 16.1 Å². The number of alkyl halides is 3. The molecule has 14 heteroatoms. The second-order valence-corrected chi connectivity index (χ2v) is 8.93. The van der Waals surface area contributed by atoms with Crippen LogP contribution in [-0.2, 0) is 34.8 Å². The number of hydrogen-bond donors (Lipinski definition) is 2. The first kappa shape index (κ1) is 28.2. The minimum Gasteiger partial charge on any atom is -0.542 e. The Morgan fingerprint density at radius 3 is 2.51 bits per heavy atom. The molecule has 0 fully saturated rings. The van der Waals surface area contributed by atoms with Gasteiger partial charge in [0.25, 0.3) is 5.91 Å². The highest BCUT2D eigenvalue weighted by molar-refractivity contribution is 9.10. The highest BCUT2D eigenvalue weighted by atomic mass is 79.9. The van der Waals surface area contributed by atoms with E-state index in [0.29, 0.717) is 12.0 Å². The van der Waals surface area contributed by atoms with Gasteiger partial charge in [0.1, 0.15) is 12.0 Å². The summed E-state index contributed by atoms with van der Waals surface area (Å²) >= 11 is 5.01. The topological polar surface area (TPSA) is 120 Å². The molecular formula is C21H22BrF3N4O5S. The number of aliphatic carboxylic acids is 1. The number of aromatic nitrogens is 3. The van der Waals surface area contributed by atoms with Crippen LogP contribution in [0.25, 0.3) is 10.9 Å². The third-order valence-electron chi connectivity index (χ3n) is 4.84. The number of carboxylic acids is 1. The maximum atomic E-state index is 12.9. The Balaban J connectivity index is 0.000000540. The monoisotopic (exact) mass is 578 g/mol. The van der Waals surface area contributed by atoms with Gasteiger partial charge < -0.3 is 24.9 Å². The summed E-state index contributed by atoms with van der Waals surface area (Å²) in [5, 5.41) is 13.4. The number of amides is 1. The molecule has 35 heavy (non-hydrogen) atoms. The van der Waals surface area contributed by atoms with Gasteiger partial charge in [-0.1, -0.05) is 33.8 Å². The van der Waals surface area contributed by atoms with E-state index in [4.69, 9.17) is 14.6 Å². The standard InChI is InChI=1S/C19H21BrN4O3S.C2HF3O2/c1-23-10-24(2)18(28-4)16(23)8-15(19(26)27-3)22-17(25)13-9-21-14-7-11(20)5-6-12(13)14;3-2(4,5)1(6)7/h5-7,9-10,15H,8H2,1-4H3,(H-,21,22,25);(H,6,7). The number of imidazole rings is 1. The number of nitrogens with one attached hydrogen (secondary N) is 2. The molecule has 9 nitrogen and oxygen atoms in total. The van der Waals surface area contributed by atoms with Gasteiger partial charge in [-0.05, 0) is 18.4 Å². The molecule has 0 aliphatic rings. The van der Waals surface area contributed by atoms with Gasteiger partial charge in [-0.3, -0.25) is 4.79 Å². The van der Waals surface area contributed by atoms with Crippen molar-refractivity contribution in [3.8, 4) is 0 Å². The first-order chi connectivity index (χ1) is 16.3. The first-order valence-electron chi connectivity index (χ1n) is 9.81. The van der Waals surface area contributed by atoms with Gasteiger partial charge in [-0.2, -0.15) is 13.2 Å². The van der Waals surface area contributed by atoms with Crippen molar-refractivity contribution >= 4 is 56.4 Å². The predicted molar refractivity (Wildman–Crippen MR) is 122 cm³/mol. The van der Waals surface area contributed by atoms with E-state index in [2.05, 4.69) is 26.2 Å². The molecule has 2 N–H and O–H groups in total. The molecule has 0 bridgehead atoms. The first-order valence-corrected chi connectivity index (χ1v) is 11.8. The summed E-state index contributed by atoms with van der Waals surface area (Å²) in [5.41, 5.74) is 2.28. The van der Waals surface area contributed by atoms with Gasteiger partial charge >= 0.3 is 12.1 Å². The van der Waals surface area contributed by atoms with Crippen molar-refractivity contribution in [3.63, 3.8) is 0 Å². The van der Waals surface area contributed by atoms with E-state index in [9.17, 15) is 22.8 Å². The maximum absolute atomic E-state index is 12.9. The van der Waals surface area contributed by atoms with Crippen molar-refractivity contribution in [1.82, 2.24) is 14.9 Å². The third kappa shape index (κ3) is 7.01. The molecule has 0 aliphatic heterocycles. The summed E-state index contributed by atoms with van der Waals surface area (Å²) in [5.74, 6) is -3.81. The second kappa shape index (κ2) is 11.6. The number of halogens is 4. The van der Waals surface area contributed by atoms with Crippen LogP contribution < -0.4 is 15.0 Å². The molecule has 0 saturated carbocycles. The largest absolute Gasteiger partial charge is 0.542 e. The zero-order valence-electron chi connectivity index (χ0n) is 19.0. The van der Waals surface area contributed by atoms with Crippen LogP contribution in [0.4, 0.5) is 13.2 Å². The number of aryl methyl sites for hydroxylation is 2. The van der Waals surface area contributed by atoms with Crippen LogP contribution in [0.2, 0.25) is 0 Å². The zero-order chi connectivity index (χ0) is 26.5. The minimum absolute atomic E-state index is 0.326. The third-order valence-corrected chi connectivity index (χ3v) is 6.24. The maximum Gasteiger partial charge on any atom is 0.430 e. The SMILES string of the molecule is COC(=O)C(Cc1c(SC)[n+](C)cn1C)NC(=O)c1c[nH]c2cc(Br)ccc12.O=C([O-])C(F)(F)F. The van der Waals surface area contributed by atoms with Crippen molar-refractivity contribution in [1.29, 1.82) is 0 Å².